The number of carbonyl (C=O) groups excluding carboxylic acids is 1. The minimum absolute atomic E-state index is 0.296. The van der Waals surface area contributed by atoms with Gasteiger partial charge in [-0.1, -0.05) is 32.6 Å². The molecule has 0 fully saturated rings. The number of aliphatic carboxylic acids is 2. The van der Waals surface area contributed by atoms with Gasteiger partial charge in [0.05, 0.1) is 12.8 Å². The Labute approximate surface area is 112 Å². The van der Waals surface area contributed by atoms with Gasteiger partial charge in [-0.2, -0.15) is 5.26 Å². The normalized spacial score (nSPS) is 9.16. The average molecular weight is 278 g/mol. The predicted molar refractivity (Wildman–Crippen MR) is 66.6 cm³/mol. The highest BCUT2D eigenvalue weighted by molar-refractivity contribution is 5.75. The molecule has 0 bridgehead atoms. The molecule has 0 spiro atoms. The van der Waals surface area contributed by atoms with Crippen LogP contribution in [0.2, 0.25) is 0 Å². The summed E-state index contributed by atoms with van der Waals surface area (Å²) in [5.74, 6) is -2.68. The fourth-order valence-corrected chi connectivity index (χ4v) is 1.13. The lowest BCUT2D eigenvalue weighted by atomic mass is 10.1. The summed E-state index contributed by atoms with van der Waals surface area (Å²) in [6.07, 6.45) is 5.18. The summed E-state index contributed by atoms with van der Waals surface area (Å²) in [6, 6.07) is 0. The van der Waals surface area contributed by atoms with Crippen molar-refractivity contribution in [3.8, 4) is 0 Å². The van der Waals surface area contributed by atoms with E-state index in [1.165, 1.54) is 12.8 Å². The van der Waals surface area contributed by atoms with Crippen molar-refractivity contribution in [3.63, 3.8) is 0 Å². The first-order chi connectivity index (χ1) is 8.93. The highest BCUT2D eigenvalue weighted by Gasteiger charge is 2.00. The second-order valence-corrected chi connectivity index (χ2v) is 3.91. The van der Waals surface area contributed by atoms with Gasteiger partial charge >= 0.3 is 17.9 Å². The fourth-order valence-electron chi connectivity index (χ4n) is 1.13. The van der Waals surface area contributed by atoms with Crippen LogP contribution in [0.1, 0.15) is 58.3 Å². The first-order valence-corrected chi connectivity index (χ1v) is 6.21. The SMILES string of the molecule is CCCCCCCC(=O)OO.O=C(O)CCC(=O)O. The Morgan fingerprint density at radius 2 is 1.32 bits per heavy atom. The van der Waals surface area contributed by atoms with Crippen LogP contribution < -0.4 is 0 Å². The van der Waals surface area contributed by atoms with Gasteiger partial charge in [-0.05, 0) is 6.42 Å². The van der Waals surface area contributed by atoms with E-state index < -0.39 is 17.9 Å². The van der Waals surface area contributed by atoms with E-state index in [1.54, 1.807) is 0 Å². The van der Waals surface area contributed by atoms with Gasteiger partial charge in [0.2, 0.25) is 0 Å². The number of carboxylic acids is 2. The third kappa shape index (κ3) is 22.1. The van der Waals surface area contributed by atoms with Crippen LogP contribution in [0.4, 0.5) is 0 Å². The Kier molecular flexibility index (Phi) is 15.0. The molecule has 3 N–H and O–H groups in total. The van der Waals surface area contributed by atoms with E-state index in [2.05, 4.69) is 11.8 Å². The average Bonchev–Trinajstić information content (AvgIpc) is 2.36. The molecule has 0 aliphatic heterocycles. The summed E-state index contributed by atoms with van der Waals surface area (Å²) in [5, 5.41) is 23.7. The molecule has 0 aromatic carbocycles. The number of carboxylic acid groups (broad SMARTS) is 2. The molecule has 0 atom stereocenters. The van der Waals surface area contributed by atoms with Crippen LogP contribution in [-0.2, 0) is 19.3 Å². The summed E-state index contributed by atoms with van der Waals surface area (Å²) in [4.78, 5) is 33.2. The number of hydrogen-bond acceptors (Lipinski definition) is 5. The highest BCUT2D eigenvalue weighted by Crippen LogP contribution is 2.04. The minimum atomic E-state index is -1.08. The molecule has 0 heterocycles. The molecule has 7 heteroatoms. The quantitative estimate of drug-likeness (QED) is 0.336. The van der Waals surface area contributed by atoms with E-state index in [4.69, 9.17) is 15.5 Å². The molecule has 19 heavy (non-hydrogen) atoms. The van der Waals surface area contributed by atoms with Crippen molar-refractivity contribution in [2.24, 2.45) is 0 Å². The van der Waals surface area contributed by atoms with Gasteiger partial charge in [0.25, 0.3) is 0 Å². The largest absolute Gasteiger partial charge is 0.481 e. The van der Waals surface area contributed by atoms with Crippen LogP contribution in [0.25, 0.3) is 0 Å². The van der Waals surface area contributed by atoms with Gasteiger partial charge in [0.15, 0.2) is 0 Å². The van der Waals surface area contributed by atoms with Crippen molar-refractivity contribution in [1.29, 1.82) is 0 Å². The van der Waals surface area contributed by atoms with E-state index in [-0.39, 0.29) is 12.8 Å². The zero-order chi connectivity index (χ0) is 15.1. The second kappa shape index (κ2) is 14.4. The van der Waals surface area contributed by atoms with Gasteiger partial charge in [0.1, 0.15) is 0 Å². The van der Waals surface area contributed by atoms with E-state index in [1.807, 2.05) is 0 Å². The van der Waals surface area contributed by atoms with Crippen LogP contribution in [-0.4, -0.2) is 33.4 Å². The predicted octanol–water partition coefficient (Wildman–Crippen LogP) is 2.30. The van der Waals surface area contributed by atoms with Gasteiger partial charge < -0.3 is 15.1 Å². The molecule has 112 valence electrons. The van der Waals surface area contributed by atoms with E-state index in [0.29, 0.717) is 6.42 Å². The van der Waals surface area contributed by atoms with Crippen LogP contribution in [0, 0.1) is 0 Å². The molecule has 0 rings (SSSR count). The zero-order valence-corrected chi connectivity index (χ0v) is 11.1. The summed E-state index contributed by atoms with van der Waals surface area (Å²) in [5.41, 5.74) is 0. The lowest BCUT2D eigenvalue weighted by molar-refractivity contribution is -0.234. The molecular weight excluding hydrogens is 256 g/mol. The van der Waals surface area contributed by atoms with Gasteiger partial charge in [-0.25, -0.2) is 4.79 Å². The molecule has 0 aromatic rings. The number of carbonyl (C=O) groups is 3. The molecule has 0 aliphatic carbocycles. The van der Waals surface area contributed by atoms with Gasteiger partial charge in [-0.15, -0.1) is 0 Å². The second-order valence-electron chi connectivity index (χ2n) is 3.91. The topological polar surface area (TPSA) is 121 Å². The molecule has 0 amide bonds. The van der Waals surface area contributed by atoms with Crippen LogP contribution in [0.15, 0.2) is 0 Å². The Morgan fingerprint density at radius 1 is 0.842 bits per heavy atom. The first-order valence-electron chi connectivity index (χ1n) is 6.21. The summed E-state index contributed by atoms with van der Waals surface area (Å²) in [7, 11) is 0. The fraction of sp³-hybridized carbons (Fsp3) is 0.750. The summed E-state index contributed by atoms with van der Waals surface area (Å²) in [6.45, 7) is 2.14. The number of unbranched alkanes of at least 4 members (excludes halogenated alkanes) is 4. The maximum atomic E-state index is 10.4. The summed E-state index contributed by atoms with van der Waals surface area (Å²) < 4.78 is 0. The van der Waals surface area contributed by atoms with Crippen LogP contribution >= 0.6 is 0 Å². The minimum Gasteiger partial charge on any atom is -0.481 e. The van der Waals surface area contributed by atoms with Gasteiger partial charge in [-0.3, -0.25) is 9.59 Å². The highest BCUT2D eigenvalue weighted by atomic mass is 17.1. The number of hydrogen-bond donors (Lipinski definition) is 3. The molecular formula is C12H22O7. The number of rotatable bonds is 9. The standard InChI is InChI=1S/C8H16O3.C4H6O4/c1-2-3-4-5-6-7-8(9)11-10;5-3(6)1-2-4(7)8/h10H,2-7H2,1H3;1-2H2,(H,5,6)(H,7,8). The third-order valence-corrected chi connectivity index (χ3v) is 2.14. The molecule has 0 aliphatic rings. The molecule has 0 saturated heterocycles. The van der Waals surface area contributed by atoms with E-state index in [0.717, 1.165) is 19.3 Å². The molecule has 0 saturated carbocycles. The monoisotopic (exact) mass is 278 g/mol. The van der Waals surface area contributed by atoms with E-state index >= 15 is 0 Å². The molecule has 0 aromatic heterocycles. The van der Waals surface area contributed by atoms with Crippen molar-refractivity contribution >= 4 is 17.9 Å². The third-order valence-electron chi connectivity index (χ3n) is 2.14. The molecule has 7 nitrogen and oxygen atoms in total. The van der Waals surface area contributed by atoms with Crippen molar-refractivity contribution in [2.45, 2.75) is 58.3 Å². The van der Waals surface area contributed by atoms with Crippen LogP contribution in [0.5, 0.6) is 0 Å². The van der Waals surface area contributed by atoms with Crippen LogP contribution in [0.3, 0.4) is 0 Å². The van der Waals surface area contributed by atoms with Crippen molar-refractivity contribution in [2.75, 3.05) is 0 Å². The first kappa shape index (κ1) is 19.7. The van der Waals surface area contributed by atoms with Gasteiger partial charge in [0, 0.05) is 6.42 Å². The van der Waals surface area contributed by atoms with Crippen molar-refractivity contribution < 1.29 is 34.7 Å². The Bertz CT molecular complexity index is 249. The summed E-state index contributed by atoms with van der Waals surface area (Å²) >= 11 is 0. The Hall–Kier alpha value is -1.63. The zero-order valence-electron chi connectivity index (χ0n) is 11.1. The maximum absolute atomic E-state index is 10.4. The smallest absolute Gasteiger partial charge is 0.342 e. The maximum Gasteiger partial charge on any atom is 0.342 e. The molecule has 0 radical (unpaired) electrons. The van der Waals surface area contributed by atoms with Crippen molar-refractivity contribution in [3.05, 3.63) is 0 Å². The Morgan fingerprint density at radius 3 is 1.68 bits per heavy atom. The van der Waals surface area contributed by atoms with Crippen molar-refractivity contribution in [1.82, 2.24) is 0 Å². The Balaban J connectivity index is 0. The van der Waals surface area contributed by atoms with E-state index in [9.17, 15) is 14.4 Å². The lowest BCUT2D eigenvalue weighted by Gasteiger charge is -1.96. The molecule has 0 unspecified atom stereocenters. The lowest BCUT2D eigenvalue weighted by Crippen LogP contribution is -2.00.